The Morgan fingerprint density at radius 1 is 1.12 bits per heavy atom. The molecule has 2 aromatic heterocycles. The predicted molar refractivity (Wildman–Crippen MR) is 124 cm³/mol. The van der Waals surface area contributed by atoms with Gasteiger partial charge in [0.05, 0.1) is 27.1 Å². The summed E-state index contributed by atoms with van der Waals surface area (Å²) in [5, 5.41) is 3.92. The van der Waals surface area contributed by atoms with Gasteiger partial charge in [0.2, 0.25) is 0 Å². The van der Waals surface area contributed by atoms with Crippen LogP contribution in [0.3, 0.4) is 0 Å². The first-order chi connectivity index (χ1) is 16.4. The number of thiazole rings is 1. The number of nitrogens with zero attached hydrogens (tertiary/aromatic N) is 4. The minimum Gasteiger partial charge on any atom is -0.367 e. The van der Waals surface area contributed by atoms with Crippen LogP contribution < -0.4 is 5.32 Å². The molecule has 1 aliphatic rings. The second kappa shape index (κ2) is 9.02. The molecule has 1 unspecified atom stereocenters. The summed E-state index contributed by atoms with van der Waals surface area (Å²) in [6, 6.07) is 7.95. The lowest BCUT2D eigenvalue weighted by atomic mass is 10.1. The van der Waals surface area contributed by atoms with E-state index in [-0.39, 0.29) is 28.8 Å². The maximum atomic E-state index is 13.6. The summed E-state index contributed by atoms with van der Waals surface area (Å²) in [5.74, 6) is -2.06. The molecule has 5 rings (SSSR count). The number of likely N-dealkylation sites (tertiary alicyclic amines) is 1. The molecule has 4 aromatic rings. The van der Waals surface area contributed by atoms with Gasteiger partial charge in [-0.05, 0) is 37.5 Å². The van der Waals surface area contributed by atoms with Crippen molar-refractivity contribution in [1.29, 1.82) is 0 Å². The Morgan fingerprint density at radius 3 is 2.62 bits per heavy atom. The van der Waals surface area contributed by atoms with Gasteiger partial charge in [-0.15, -0.1) is 11.3 Å². The third-order valence-corrected chi connectivity index (χ3v) is 6.80. The Morgan fingerprint density at radius 2 is 1.85 bits per heavy atom. The number of fused-ring (bicyclic) bond motifs is 1. The molecular formula is C24H20F3N5OS. The van der Waals surface area contributed by atoms with Crippen molar-refractivity contribution in [2.75, 3.05) is 18.4 Å². The summed E-state index contributed by atoms with van der Waals surface area (Å²) in [6.45, 7) is 2.85. The fourth-order valence-electron chi connectivity index (χ4n) is 4.14. The lowest BCUT2D eigenvalue weighted by molar-refractivity contribution is 0.0739. The molecule has 174 valence electrons. The second-order valence-electron chi connectivity index (χ2n) is 8.10. The molecule has 0 bridgehead atoms. The van der Waals surface area contributed by atoms with Gasteiger partial charge in [-0.1, -0.05) is 12.1 Å². The normalized spacial score (nSPS) is 15.8. The summed E-state index contributed by atoms with van der Waals surface area (Å²) < 4.78 is 40.3. The topological polar surface area (TPSA) is 71.0 Å². The van der Waals surface area contributed by atoms with Crippen molar-refractivity contribution in [2.45, 2.75) is 25.8 Å². The van der Waals surface area contributed by atoms with Crippen LogP contribution in [-0.2, 0) is 0 Å². The Balaban J connectivity index is 1.34. The standard InChI is InChI=1S/C24H20F3N5OS/c1-13-30-22(23(34-13)14-4-6-15(25)7-5-14)24(33)32-8-2-3-16(32)11-29-21-12-28-19-9-17(26)18(27)10-20(19)31-21/h4-7,9-10,12,16H,2-3,8,11H2,1H3,(H,29,31). The zero-order valence-electron chi connectivity index (χ0n) is 18.2. The SMILES string of the molecule is Cc1nc(C(=O)N2CCCC2CNc2cnc3cc(F)c(F)cc3n2)c(-c2ccc(F)cc2)s1. The highest BCUT2D eigenvalue weighted by Gasteiger charge is 2.32. The van der Waals surface area contributed by atoms with E-state index in [1.165, 1.54) is 29.7 Å². The van der Waals surface area contributed by atoms with Crippen molar-refractivity contribution in [3.05, 3.63) is 70.7 Å². The molecule has 3 heterocycles. The molecule has 1 N–H and O–H groups in total. The van der Waals surface area contributed by atoms with Gasteiger partial charge in [0.25, 0.3) is 5.91 Å². The van der Waals surface area contributed by atoms with Gasteiger partial charge in [0.1, 0.15) is 17.3 Å². The number of aromatic nitrogens is 3. The van der Waals surface area contributed by atoms with E-state index in [0.717, 1.165) is 40.4 Å². The maximum absolute atomic E-state index is 13.6. The number of aryl methyl sites for hydroxylation is 1. The fourth-order valence-corrected chi connectivity index (χ4v) is 5.05. The van der Waals surface area contributed by atoms with E-state index in [0.29, 0.717) is 24.6 Å². The number of halogens is 3. The predicted octanol–water partition coefficient (Wildman–Crippen LogP) is 5.20. The molecule has 0 saturated carbocycles. The molecule has 0 spiro atoms. The molecule has 0 radical (unpaired) electrons. The molecule has 1 amide bonds. The number of hydrogen-bond acceptors (Lipinski definition) is 6. The minimum absolute atomic E-state index is 0.0991. The van der Waals surface area contributed by atoms with E-state index in [1.807, 2.05) is 6.92 Å². The Hall–Kier alpha value is -3.53. The molecule has 0 aliphatic carbocycles. The number of anilines is 1. The fraction of sp³-hybridized carbons (Fsp3) is 0.250. The third-order valence-electron chi connectivity index (χ3n) is 5.78. The van der Waals surface area contributed by atoms with Crippen LogP contribution in [0, 0.1) is 24.4 Å². The van der Waals surface area contributed by atoms with E-state index in [9.17, 15) is 18.0 Å². The average Bonchev–Trinajstić information content (AvgIpc) is 3.45. The number of rotatable bonds is 5. The molecule has 34 heavy (non-hydrogen) atoms. The van der Waals surface area contributed by atoms with Crippen molar-refractivity contribution < 1.29 is 18.0 Å². The number of benzene rings is 2. The van der Waals surface area contributed by atoms with Crippen LogP contribution >= 0.6 is 11.3 Å². The van der Waals surface area contributed by atoms with Crippen LogP contribution in [0.1, 0.15) is 28.3 Å². The summed E-state index contributed by atoms with van der Waals surface area (Å²) in [7, 11) is 0. The van der Waals surface area contributed by atoms with E-state index in [4.69, 9.17) is 0 Å². The van der Waals surface area contributed by atoms with Crippen molar-refractivity contribution in [3.8, 4) is 10.4 Å². The van der Waals surface area contributed by atoms with Crippen LogP contribution in [0.5, 0.6) is 0 Å². The first kappa shape index (κ1) is 22.3. The van der Waals surface area contributed by atoms with Crippen molar-refractivity contribution >= 4 is 34.1 Å². The van der Waals surface area contributed by atoms with Crippen molar-refractivity contribution in [2.24, 2.45) is 0 Å². The van der Waals surface area contributed by atoms with E-state index >= 15 is 0 Å². The van der Waals surface area contributed by atoms with Gasteiger partial charge >= 0.3 is 0 Å². The molecule has 1 aliphatic heterocycles. The lowest BCUT2D eigenvalue weighted by Gasteiger charge is -2.25. The molecular weight excluding hydrogens is 463 g/mol. The molecule has 1 fully saturated rings. The number of hydrogen-bond donors (Lipinski definition) is 1. The Bertz CT molecular complexity index is 1380. The van der Waals surface area contributed by atoms with Gasteiger partial charge in [0.15, 0.2) is 11.6 Å². The summed E-state index contributed by atoms with van der Waals surface area (Å²) in [5.41, 5.74) is 1.61. The Kier molecular flexibility index (Phi) is 5.91. The van der Waals surface area contributed by atoms with E-state index in [1.54, 1.807) is 17.0 Å². The van der Waals surface area contributed by atoms with E-state index < -0.39 is 11.6 Å². The summed E-state index contributed by atoms with van der Waals surface area (Å²) >= 11 is 1.40. The number of carbonyl (C=O) groups excluding carboxylic acids is 1. The zero-order valence-corrected chi connectivity index (χ0v) is 19.0. The van der Waals surface area contributed by atoms with Crippen LogP contribution in [0.4, 0.5) is 19.0 Å². The Labute approximate surface area is 197 Å². The van der Waals surface area contributed by atoms with Crippen LogP contribution in [0.2, 0.25) is 0 Å². The largest absolute Gasteiger partial charge is 0.367 e. The lowest BCUT2D eigenvalue weighted by Crippen LogP contribution is -2.40. The highest BCUT2D eigenvalue weighted by Crippen LogP contribution is 2.32. The summed E-state index contributed by atoms with van der Waals surface area (Å²) in [6.07, 6.45) is 3.10. The van der Waals surface area contributed by atoms with Gasteiger partial charge in [-0.2, -0.15) is 0 Å². The van der Waals surface area contributed by atoms with Crippen LogP contribution in [0.25, 0.3) is 21.5 Å². The first-order valence-electron chi connectivity index (χ1n) is 10.8. The smallest absolute Gasteiger partial charge is 0.274 e. The number of carbonyl (C=O) groups is 1. The van der Waals surface area contributed by atoms with Gasteiger partial charge in [-0.3, -0.25) is 9.78 Å². The van der Waals surface area contributed by atoms with Crippen molar-refractivity contribution in [1.82, 2.24) is 19.9 Å². The summed E-state index contributed by atoms with van der Waals surface area (Å²) in [4.78, 5) is 28.9. The van der Waals surface area contributed by atoms with Gasteiger partial charge < -0.3 is 10.2 Å². The van der Waals surface area contributed by atoms with Crippen LogP contribution in [0.15, 0.2) is 42.6 Å². The second-order valence-corrected chi connectivity index (χ2v) is 9.31. The molecule has 2 aromatic carbocycles. The number of amides is 1. The van der Waals surface area contributed by atoms with Gasteiger partial charge in [0, 0.05) is 31.3 Å². The number of nitrogens with one attached hydrogen (secondary N) is 1. The quantitative estimate of drug-likeness (QED) is 0.423. The monoisotopic (exact) mass is 483 g/mol. The van der Waals surface area contributed by atoms with Crippen molar-refractivity contribution in [3.63, 3.8) is 0 Å². The average molecular weight is 484 g/mol. The molecule has 6 nitrogen and oxygen atoms in total. The first-order valence-corrected chi connectivity index (χ1v) is 11.6. The maximum Gasteiger partial charge on any atom is 0.274 e. The van der Waals surface area contributed by atoms with E-state index in [2.05, 4.69) is 20.3 Å². The molecule has 1 atom stereocenters. The van der Waals surface area contributed by atoms with Crippen LogP contribution in [-0.4, -0.2) is 44.9 Å². The van der Waals surface area contributed by atoms with Gasteiger partial charge in [-0.25, -0.2) is 23.1 Å². The molecule has 10 heteroatoms. The highest BCUT2D eigenvalue weighted by molar-refractivity contribution is 7.15. The zero-order chi connectivity index (χ0) is 23.8. The third kappa shape index (κ3) is 4.33. The highest BCUT2D eigenvalue weighted by atomic mass is 32.1. The molecule has 1 saturated heterocycles. The minimum atomic E-state index is -0.984.